The van der Waals surface area contributed by atoms with Gasteiger partial charge in [-0.1, -0.05) is 207 Å². The Kier molecular flexibility index (Phi) is 9.48. The third-order valence-corrected chi connectivity index (χ3v) is 22.0. The Morgan fingerprint density at radius 1 is 0.539 bits per heavy atom. The van der Waals surface area contributed by atoms with Gasteiger partial charge in [-0.3, -0.25) is 0 Å². The van der Waals surface area contributed by atoms with Crippen molar-refractivity contribution in [3.63, 3.8) is 0 Å². The predicted octanol–water partition coefficient (Wildman–Crippen LogP) is 19.3. The molecule has 1 nitrogen and oxygen atoms in total. The van der Waals surface area contributed by atoms with Gasteiger partial charge < -0.3 is 4.90 Å². The lowest BCUT2D eigenvalue weighted by molar-refractivity contribution is -0.232. The summed E-state index contributed by atoms with van der Waals surface area (Å²) < 4.78 is 0. The van der Waals surface area contributed by atoms with Crippen LogP contribution < -0.4 is 4.90 Å². The second-order valence-electron chi connectivity index (χ2n) is 24.7. The summed E-state index contributed by atoms with van der Waals surface area (Å²) in [7, 11) is 0. The summed E-state index contributed by atoms with van der Waals surface area (Å²) in [5, 5.41) is 2.76. The number of anilines is 3. The van der Waals surface area contributed by atoms with Gasteiger partial charge in [-0.15, -0.1) is 0 Å². The molecule has 5 saturated carbocycles. The second kappa shape index (κ2) is 16.4. The molecule has 1 heteroatoms. The Morgan fingerprint density at radius 3 is 2.07 bits per heavy atom. The molecule has 0 heterocycles. The fourth-order valence-electron chi connectivity index (χ4n) is 19.4. The van der Waals surface area contributed by atoms with E-state index < -0.39 is 5.41 Å². The Bertz CT molecular complexity index is 3760. The maximum atomic E-state index is 2.69. The van der Waals surface area contributed by atoms with E-state index in [-0.39, 0.29) is 17.3 Å². The van der Waals surface area contributed by atoms with E-state index in [1.54, 1.807) is 22.3 Å². The van der Waals surface area contributed by atoms with Crippen molar-refractivity contribution < 1.29 is 0 Å². The number of fused-ring (bicyclic) bond motifs is 11. The zero-order valence-electron chi connectivity index (χ0n) is 43.6. The van der Waals surface area contributed by atoms with E-state index in [0.29, 0.717) is 11.3 Å². The number of hydrogen-bond donors (Lipinski definition) is 0. The van der Waals surface area contributed by atoms with E-state index in [1.807, 2.05) is 0 Å². The van der Waals surface area contributed by atoms with Crippen LogP contribution in [0.15, 0.2) is 224 Å². The first-order valence-electron chi connectivity index (χ1n) is 29.3. The van der Waals surface area contributed by atoms with E-state index in [9.17, 15) is 0 Å². The number of hydrogen-bond acceptors (Lipinski definition) is 1. The van der Waals surface area contributed by atoms with E-state index in [0.717, 1.165) is 23.7 Å². The Morgan fingerprint density at radius 2 is 1.25 bits per heavy atom. The molecular formula is C75H65N. The topological polar surface area (TPSA) is 3.24 Å². The first kappa shape index (κ1) is 44.0. The van der Waals surface area contributed by atoms with Crippen LogP contribution >= 0.6 is 0 Å². The summed E-state index contributed by atoms with van der Waals surface area (Å²) in [5.41, 5.74) is 23.1. The minimum atomic E-state index is -0.396. The smallest absolute Gasteiger partial charge is 0.0540 e. The number of para-hydroxylation sites is 1. The fourth-order valence-corrected chi connectivity index (χ4v) is 19.4. The highest BCUT2D eigenvalue weighted by Gasteiger charge is 2.84. The molecular weight excluding hydrogens is 915 g/mol. The lowest BCUT2D eigenvalue weighted by Gasteiger charge is -2.77. The molecule has 17 rings (SSSR count). The lowest BCUT2D eigenvalue weighted by Crippen LogP contribution is -2.74. The SMILES string of the molecule is C1=CC2c3c(N(c4ccc(-c5ccc6c(c5)C5(C7=C6CCC=C7)C6CC7CC8CC5C86C7)cc4)c4ccccc4-c4cccc5cccc(C6CCCCC6)c45)cccc3C(c3ccccc3)(c3ccccc3)C2C=C1. The van der Waals surface area contributed by atoms with Gasteiger partial charge in [0, 0.05) is 28.5 Å². The van der Waals surface area contributed by atoms with Crippen molar-refractivity contribution in [3.8, 4) is 22.3 Å². The van der Waals surface area contributed by atoms with Crippen molar-refractivity contribution in [1.82, 2.24) is 0 Å². The molecule has 9 aliphatic rings. The van der Waals surface area contributed by atoms with Gasteiger partial charge in [0.1, 0.15) is 0 Å². The molecule has 2 spiro atoms. The number of rotatable bonds is 8. The third-order valence-electron chi connectivity index (χ3n) is 22.0. The molecule has 0 aliphatic heterocycles. The largest absolute Gasteiger partial charge is 0.310 e. The molecule has 5 fully saturated rings. The first-order chi connectivity index (χ1) is 37.7. The van der Waals surface area contributed by atoms with Gasteiger partial charge in [0.2, 0.25) is 0 Å². The molecule has 9 aliphatic carbocycles. The van der Waals surface area contributed by atoms with Crippen molar-refractivity contribution in [3.05, 3.63) is 263 Å². The van der Waals surface area contributed by atoms with Crippen molar-refractivity contribution in [2.45, 2.75) is 93.3 Å². The van der Waals surface area contributed by atoms with Gasteiger partial charge in [0.05, 0.1) is 16.8 Å². The molecule has 8 unspecified atom stereocenters. The number of benzene rings is 8. The average Bonchev–Trinajstić information content (AvgIpc) is 1.88. The predicted molar refractivity (Wildman–Crippen MR) is 314 cm³/mol. The van der Waals surface area contributed by atoms with E-state index >= 15 is 0 Å². The zero-order chi connectivity index (χ0) is 49.7. The highest BCUT2D eigenvalue weighted by atomic mass is 15.1. The number of allylic oxidation sites excluding steroid dienone is 8. The quantitative estimate of drug-likeness (QED) is 0.147. The van der Waals surface area contributed by atoms with Crippen molar-refractivity contribution in [1.29, 1.82) is 0 Å². The summed E-state index contributed by atoms with van der Waals surface area (Å²) in [6.07, 6.45) is 29.5. The second-order valence-corrected chi connectivity index (χ2v) is 24.7. The Labute approximate surface area is 449 Å². The van der Waals surface area contributed by atoms with Gasteiger partial charge in [-0.2, -0.15) is 0 Å². The highest BCUT2D eigenvalue weighted by Crippen LogP contribution is 2.90. The standard InChI is InChI=1S/C75H65N/c1-4-19-50(20-5-1)57-30-16-21-51-22-17-31-61(71(51)57)60-28-12-15-35-67(60)76(68-36-18-34-65-72(68)62-29-11-14-33-64(62)74(65,53-23-6-2-7-24-53)54-25-8-3-9-26-54)56-40-37-49(38-41-56)52-39-42-59-58-27-10-13-32-63(58)75(66(59)45-52)69-44-48-43-55-46-70(75)73(55,69)47-48/h2-3,6-9,11-18,21-26,28-42,45,48,50,55,62,64,69-70H,1,4-5,10,19-20,27,43-44,46-47H2. The lowest BCUT2D eigenvalue weighted by atomic mass is 9.26. The fraction of sp³-hybridized carbons (Fsp3) is 0.280. The van der Waals surface area contributed by atoms with Crippen LogP contribution in [-0.2, 0) is 10.8 Å². The summed E-state index contributed by atoms with van der Waals surface area (Å²) in [5.74, 6) is 4.52. The molecule has 8 aromatic rings. The van der Waals surface area contributed by atoms with Crippen molar-refractivity contribution in [2.24, 2.45) is 35.0 Å². The molecule has 8 aromatic carbocycles. The van der Waals surface area contributed by atoms with E-state index in [2.05, 4.69) is 223 Å². The van der Waals surface area contributed by atoms with E-state index in [4.69, 9.17) is 0 Å². The summed E-state index contributed by atoms with van der Waals surface area (Å²) in [6.45, 7) is 0. The van der Waals surface area contributed by atoms with Gasteiger partial charge in [-0.05, 0) is 194 Å². The van der Waals surface area contributed by atoms with Crippen LogP contribution in [-0.4, -0.2) is 0 Å². The summed E-state index contributed by atoms with van der Waals surface area (Å²) >= 11 is 0. The summed E-state index contributed by atoms with van der Waals surface area (Å²) in [6, 6.07) is 71.1. The van der Waals surface area contributed by atoms with E-state index in [1.165, 1.54) is 149 Å². The summed E-state index contributed by atoms with van der Waals surface area (Å²) in [4.78, 5) is 2.66. The molecule has 0 N–H and O–H groups in total. The van der Waals surface area contributed by atoms with Crippen molar-refractivity contribution in [2.75, 3.05) is 4.90 Å². The van der Waals surface area contributed by atoms with Gasteiger partial charge in [0.25, 0.3) is 0 Å². The van der Waals surface area contributed by atoms with Crippen LogP contribution in [0.1, 0.15) is 121 Å². The van der Waals surface area contributed by atoms with Crippen LogP contribution in [0.4, 0.5) is 17.1 Å². The maximum Gasteiger partial charge on any atom is 0.0540 e. The molecule has 0 aromatic heterocycles. The van der Waals surface area contributed by atoms with Gasteiger partial charge >= 0.3 is 0 Å². The molecule has 0 radical (unpaired) electrons. The van der Waals surface area contributed by atoms with Gasteiger partial charge in [0.15, 0.2) is 0 Å². The Balaban J connectivity index is 0.861. The number of nitrogens with zero attached hydrogens (tertiary/aromatic N) is 1. The minimum absolute atomic E-state index is 0.153. The first-order valence-corrected chi connectivity index (χ1v) is 29.3. The minimum Gasteiger partial charge on any atom is -0.310 e. The molecule has 76 heavy (non-hydrogen) atoms. The molecule has 2 bridgehead atoms. The molecule has 0 saturated heterocycles. The zero-order valence-corrected chi connectivity index (χ0v) is 43.6. The third kappa shape index (κ3) is 5.67. The molecule has 8 atom stereocenters. The normalized spacial score (nSPS) is 28.4. The monoisotopic (exact) mass is 980 g/mol. The van der Waals surface area contributed by atoms with Crippen LogP contribution in [0.25, 0.3) is 38.6 Å². The van der Waals surface area contributed by atoms with Crippen molar-refractivity contribution >= 4 is 33.4 Å². The maximum absolute atomic E-state index is 2.69. The molecule has 370 valence electrons. The van der Waals surface area contributed by atoms with Crippen LogP contribution in [0.3, 0.4) is 0 Å². The van der Waals surface area contributed by atoms with Gasteiger partial charge in [-0.25, -0.2) is 0 Å². The van der Waals surface area contributed by atoms with Crippen LogP contribution in [0, 0.1) is 35.0 Å². The molecule has 0 amide bonds. The Hall–Kier alpha value is -7.22. The average molecular weight is 980 g/mol. The van der Waals surface area contributed by atoms with Crippen LogP contribution in [0.2, 0.25) is 0 Å². The highest BCUT2D eigenvalue weighted by molar-refractivity contribution is 6.04. The van der Waals surface area contributed by atoms with Crippen LogP contribution in [0.5, 0.6) is 0 Å².